The van der Waals surface area contributed by atoms with Crippen LogP contribution in [0.1, 0.15) is 46.5 Å². The highest BCUT2D eigenvalue weighted by Gasteiger charge is 2.34. The van der Waals surface area contributed by atoms with E-state index in [0.29, 0.717) is 31.0 Å². The maximum Gasteiger partial charge on any atom is 0.279 e. The van der Waals surface area contributed by atoms with Crippen LogP contribution in [0.3, 0.4) is 0 Å². The zero-order valence-corrected chi connectivity index (χ0v) is 13.7. The molecule has 5 nitrogen and oxygen atoms in total. The van der Waals surface area contributed by atoms with Gasteiger partial charge in [-0.25, -0.2) is 0 Å². The number of rotatable bonds is 6. The third-order valence-corrected chi connectivity index (χ3v) is 5.97. The average molecular weight is 303 g/mol. The summed E-state index contributed by atoms with van der Waals surface area (Å²) in [5.41, 5.74) is 0. The fourth-order valence-corrected chi connectivity index (χ4v) is 4.64. The molecule has 0 spiro atoms. The summed E-state index contributed by atoms with van der Waals surface area (Å²) in [5, 5.41) is 3.41. The van der Waals surface area contributed by atoms with E-state index in [1.807, 2.05) is 0 Å². The lowest BCUT2D eigenvalue weighted by atomic mass is 9.83. The van der Waals surface area contributed by atoms with Crippen LogP contribution in [0.15, 0.2) is 0 Å². The van der Waals surface area contributed by atoms with Gasteiger partial charge in [0.2, 0.25) is 0 Å². The van der Waals surface area contributed by atoms with Crippen molar-refractivity contribution in [2.75, 3.05) is 19.6 Å². The average Bonchev–Trinajstić information content (AvgIpc) is 2.35. The highest BCUT2D eigenvalue weighted by atomic mass is 32.2. The summed E-state index contributed by atoms with van der Waals surface area (Å²) in [6.45, 7) is 8.63. The third-order valence-electron chi connectivity index (χ3n) is 4.33. The van der Waals surface area contributed by atoms with Gasteiger partial charge in [0.05, 0.1) is 0 Å². The summed E-state index contributed by atoms with van der Waals surface area (Å²) >= 11 is 0. The molecule has 0 radical (unpaired) electrons. The predicted molar refractivity (Wildman–Crippen MR) is 81.7 cm³/mol. The van der Waals surface area contributed by atoms with E-state index in [0.717, 1.165) is 32.2 Å². The highest BCUT2D eigenvalue weighted by molar-refractivity contribution is 7.87. The predicted octanol–water partition coefficient (Wildman–Crippen LogP) is 1.33. The van der Waals surface area contributed by atoms with E-state index < -0.39 is 10.2 Å². The molecule has 1 saturated carbocycles. The molecule has 2 rings (SSSR count). The van der Waals surface area contributed by atoms with Gasteiger partial charge in [0.25, 0.3) is 10.2 Å². The molecule has 2 aliphatic rings. The van der Waals surface area contributed by atoms with Crippen molar-refractivity contribution in [3.8, 4) is 0 Å². The first-order valence-corrected chi connectivity index (χ1v) is 9.31. The molecule has 0 aromatic heterocycles. The fourth-order valence-electron chi connectivity index (χ4n) is 3.10. The molecule has 1 unspecified atom stereocenters. The van der Waals surface area contributed by atoms with Crippen molar-refractivity contribution in [3.05, 3.63) is 0 Å². The van der Waals surface area contributed by atoms with Gasteiger partial charge >= 0.3 is 0 Å². The molecule has 0 aromatic rings. The van der Waals surface area contributed by atoms with Crippen LogP contribution in [0, 0.1) is 11.8 Å². The standard InChI is InChI=1S/C14H29N3O2S/c1-11(2)15-9-13-5-4-6-17(10-13)20(18,19)16-14-7-12(3)8-14/h11-16H,4-10H2,1-3H3. The second kappa shape index (κ2) is 6.73. The van der Waals surface area contributed by atoms with Crippen molar-refractivity contribution < 1.29 is 8.42 Å². The zero-order chi connectivity index (χ0) is 14.8. The molecule has 2 N–H and O–H groups in total. The summed E-state index contributed by atoms with van der Waals surface area (Å²) in [6, 6.07) is 0.612. The topological polar surface area (TPSA) is 61.4 Å². The van der Waals surface area contributed by atoms with Crippen LogP contribution in [0.2, 0.25) is 0 Å². The van der Waals surface area contributed by atoms with E-state index in [1.165, 1.54) is 0 Å². The molecule has 1 saturated heterocycles. The van der Waals surface area contributed by atoms with Gasteiger partial charge in [-0.2, -0.15) is 17.4 Å². The van der Waals surface area contributed by atoms with Crippen molar-refractivity contribution in [2.24, 2.45) is 11.8 Å². The van der Waals surface area contributed by atoms with E-state index in [1.54, 1.807) is 4.31 Å². The van der Waals surface area contributed by atoms with E-state index in [4.69, 9.17) is 0 Å². The van der Waals surface area contributed by atoms with Crippen molar-refractivity contribution in [1.29, 1.82) is 0 Å². The van der Waals surface area contributed by atoms with Crippen molar-refractivity contribution in [3.63, 3.8) is 0 Å². The van der Waals surface area contributed by atoms with E-state index in [2.05, 4.69) is 30.8 Å². The normalized spacial score (nSPS) is 32.3. The number of nitrogens with one attached hydrogen (secondary N) is 2. The number of hydrogen-bond donors (Lipinski definition) is 2. The van der Waals surface area contributed by atoms with E-state index in [9.17, 15) is 8.42 Å². The SMILES string of the molecule is CC1CC(NS(=O)(=O)N2CCCC(CNC(C)C)C2)C1. The minimum Gasteiger partial charge on any atom is -0.314 e. The number of piperidine rings is 1. The van der Waals surface area contributed by atoms with Gasteiger partial charge in [0.15, 0.2) is 0 Å². The van der Waals surface area contributed by atoms with Crippen LogP contribution in [0.25, 0.3) is 0 Å². The Morgan fingerprint density at radius 1 is 1.30 bits per heavy atom. The van der Waals surface area contributed by atoms with Crippen LogP contribution < -0.4 is 10.0 Å². The molecule has 0 amide bonds. The van der Waals surface area contributed by atoms with Crippen LogP contribution in [0.4, 0.5) is 0 Å². The first-order valence-electron chi connectivity index (χ1n) is 7.87. The second-order valence-corrected chi connectivity index (χ2v) is 8.53. The van der Waals surface area contributed by atoms with E-state index in [-0.39, 0.29) is 6.04 Å². The molecule has 1 heterocycles. The fraction of sp³-hybridized carbons (Fsp3) is 1.00. The first-order chi connectivity index (χ1) is 9.37. The summed E-state index contributed by atoms with van der Waals surface area (Å²) < 4.78 is 29.2. The molecule has 2 fully saturated rings. The van der Waals surface area contributed by atoms with Gasteiger partial charge in [0.1, 0.15) is 0 Å². The summed E-state index contributed by atoms with van der Waals surface area (Å²) in [7, 11) is -3.28. The molecule has 1 atom stereocenters. The van der Waals surface area contributed by atoms with Gasteiger partial charge < -0.3 is 5.32 Å². The minimum atomic E-state index is -3.28. The zero-order valence-electron chi connectivity index (χ0n) is 12.9. The largest absolute Gasteiger partial charge is 0.314 e. The van der Waals surface area contributed by atoms with Crippen LogP contribution in [-0.4, -0.2) is 44.4 Å². The van der Waals surface area contributed by atoms with Gasteiger partial charge in [-0.3, -0.25) is 0 Å². The molecular formula is C14H29N3O2S. The smallest absolute Gasteiger partial charge is 0.279 e. The highest BCUT2D eigenvalue weighted by Crippen LogP contribution is 2.28. The maximum absolute atomic E-state index is 12.4. The van der Waals surface area contributed by atoms with Crippen LogP contribution in [-0.2, 0) is 10.2 Å². The second-order valence-electron chi connectivity index (χ2n) is 6.83. The molecule has 6 heteroatoms. The van der Waals surface area contributed by atoms with Gasteiger partial charge in [-0.1, -0.05) is 20.8 Å². The van der Waals surface area contributed by atoms with Crippen molar-refractivity contribution in [1.82, 2.24) is 14.3 Å². The molecule has 118 valence electrons. The van der Waals surface area contributed by atoms with Gasteiger partial charge in [-0.15, -0.1) is 0 Å². The Morgan fingerprint density at radius 2 is 2.00 bits per heavy atom. The molecule has 1 aliphatic heterocycles. The molecule has 20 heavy (non-hydrogen) atoms. The van der Waals surface area contributed by atoms with Crippen molar-refractivity contribution >= 4 is 10.2 Å². The lowest BCUT2D eigenvalue weighted by molar-refractivity contribution is 0.237. The Balaban J connectivity index is 1.84. The third kappa shape index (κ3) is 4.41. The summed E-state index contributed by atoms with van der Waals surface area (Å²) in [6.07, 6.45) is 4.04. The molecule has 0 bridgehead atoms. The number of nitrogens with zero attached hydrogens (tertiary/aromatic N) is 1. The Labute approximate surface area is 123 Å². The molecule has 0 aromatic carbocycles. The quantitative estimate of drug-likeness (QED) is 0.778. The Morgan fingerprint density at radius 3 is 2.60 bits per heavy atom. The Kier molecular flexibility index (Phi) is 5.45. The monoisotopic (exact) mass is 303 g/mol. The summed E-state index contributed by atoms with van der Waals surface area (Å²) in [4.78, 5) is 0. The Hall–Kier alpha value is -0.170. The van der Waals surface area contributed by atoms with Crippen molar-refractivity contribution in [2.45, 2.75) is 58.5 Å². The van der Waals surface area contributed by atoms with E-state index >= 15 is 0 Å². The molecular weight excluding hydrogens is 274 g/mol. The Bertz CT molecular complexity index is 405. The lowest BCUT2D eigenvalue weighted by Gasteiger charge is -2.37. The number of hydrogen-bond acceptors (Lipinski definition) is 3. The van der Waals surface area contributed by atoms with Crippen LogP contribution in [0.5, 0.6) is 0 Å². The van der Waals surface area contributed by atoms with Gasteiger partial charge in [0, 0.05) is 25.2 Å². The van der Waals surface area contributed by atoms with Crippen LogP contribution >= 0.6 is 0 Å². The summed E-state index contributed by atoms with van der Waals surface area (Å²) in [5.74, 6) is 1.09. The minimum absolute atomic E-state index is 0.157. The lowest BCUT2D eigenvalue weighted by Crippen LogP contribution is -2.52. The molecule has 1 aliphatic carbocycles. The maximum atomic E-state index is 12.4. The van der Waals surface area contributed by atoms with Gasteiger partial charge in [-0.05, 0) is 44.1 Å². The first kappa shape index (κ1) is 16.2.